The number of carbonyl (C=O) groups is 1. The summed E-state index contributed by atoms with van der Waals surface area (Å²) in [5.41, 5.74) is 3.11. The topological polar surface area (TPSA) is 74.6 Å². The van der Waals surface area contributed by atoms with E-state index in [1.165, 1.54) is 0 Å². The number of hydrogen-bond donors (Lipinski definition) is 1. The monoisotopic (exact) mass is 482 g/mol. The van der Waals surface area contributed by atoms with E-state index in [9.17, 15) is 13.2 Å². The van der Waals surface area contributed by atoms with Gasteiger partial charge in [0.1, 0.15) is 0 Å². The first kappa shape index (κ1) is 24.3. The van der Waals surface area contributed by atoms with E-state index in [4.69, 9.17) is 0 Å². The molecule has 7 nitrogen and oxygen atoms in total. The summed E-state index contributed by atoms with van der Waals surface area (Å²) in [6.45, 7) is 2.22. The SMILES string of the molecule is CN(C)c1ccc(CNC(=O)CCn2ccc3cc(S(=O)(=O)N4CCCCCC4)ccc32)cc1. The lowest BCUT2D eigenvalue weighted by Gasteiger charge is -2.20. The van der Waals surface area contributed by atoms with Gasteiger partial charge < -0.3 is 14.8 Å². The number of anilines is 1. The smallest absolute Gasteiger partial charge is 0.243 e. The second-order valence-corrected chi connectivity index (χ2v) is 11.1. The van der Waals surface area contributed by atoms with Crippen molar-refractivity contribution in [3.05, 3.63) is 60.3 Å². The molecule has 1 aliphatic rings. The summed E-state index contributed by atoms with van der Waals surface area (Å²) in [6.07, 6.45) is 6.28. The van der Waals surface area contributed by atoms with Crippen molar-refractivity contribution >= 4 is 32.5 Å². The second kappa shape index (κ2) is 10.6. The average molecular weight is 483 g/mol. The molecule has 1 fully saturated rings. The zero-order valence-electron chi connectivity index (χ0n) is 20.0. The van der Waals surface area contributed by atoms with Crippen molar-refractivity contribution in [1.82, 2.24) is 14.2 Å². The Labute approximate surface area is 202 Å². The van der Waals surface area contributed by atoms with Gasteiger partial charge in [0.2, 0.25) is 15.9 Å². The van der Waals surface area contributed by atoms with Gasteiger partial charge in [-0.1, -0.05) is 25.0 Å². The summed E-state index contributed by atoms with van der Waals surface area (Å²) in [6, 6.07) is 15.3. The van der Waals surface area contributed by atoms with Crippen LogP contribution in [0.5, 0.6) is 0 Å². The molecule has 0 unspecified atom stereocenters. The maximum Gasteiger partial charge on any atom is 0.243 e. The molecule has 2 aromatic carbocycles. The lowest BCUT2D eigenvalue weighted by Crippen LogP contribution is -2.31. The molecule has 0 aliphatic carbocycles. The Bertz CT molecular complexity index is 1220. The molecule has 2 heterocycles. The summed E-state index contributed by atoms with van der Waals surface area (Å²) in [7, 11) is 0.517. The predicted molar refractivity (Wildman–Crippen MR) is 136 cm³/mol. The molecular weight excluding hydrogens is 448 g/mol. The van der Waals surface area contributed by atoms with E-state index in [1.54, 1.807) is 16.4 Å². The van der Waals surface area contributed by atoms with Gasteiger partial charge in [-0.05, 0) is 54.8 Å². The Kier molecular flexibility index (Phi) is 7.58. The minimum absolute atomic E-state index is 0.0149. The summed E-state index contributed by atoms with van der Waals surface area (Å²) >= 11 is 0. The summed E-state index contributed by atoms with van der Waals surface area (Å²) in [5.74, 6) is -0.0149. The number of fused-ring (bicyclic) bond motifs is 1. The fourth-order valence-electron chi connectivity index (χ4n) is 4.39. The predicted octanol–water partition coefficient (Wildman–Crippen LogP) is 3.98. The van der Waals surface area contributed by atoms with E-state index >= 15 is 0 Å². The Hall–Kier alpha value is -2.84. The Morgan fingerprint density at radius 3 is 2.35 bits per heavy atom. The van der Waals surface area contributed by atoms with Crippen LogP contribution in [0.15, 0.2) is 59.6 Å². The van der Waals surface area contributed by atoms with Crippen molar-refractivity contribution in [2.45, 2.75) is 50.1 Å². The number of carbonyl (C=O) groups excluding carboxylic acids is 1. The van der Waals surface area contributed by atoms with Crippen LogP contribution in [0.25, 0.3) is 10.9 Å². The van der Waals surface area contributed by atoms with Gasteiger partial charge in [-0.25, -0.2) is 8.42 Å². The number of nitrogens with one attached hydrogen (secondary N) is 1. The molecule has 3 aromatic rings. The first-order valence-corrected chi connectivity index (χ1v) is 13.4. The van der Waals surface area contributed by atoms with Gasteiger partial charge in [0.15, 0.2) is 0 Å². The Morgan fingerprint density at radius 1 is 0.971 bits per heavy atom. The maximum absolute atomic E-state index is 13.1. The molecule has 34 heavy (non-hydrogen) atoms. The number of nitrogens with zero attached hydrogens (tertiary/aromatic N) is 3. The maximum atomic E-state index is 13.1. The third-order valence-corrected chi connectivity index (χ3v) is 8.36. The highest BCUT2D eigenvalue weighted by Crippen LogP contribution is 2.25. The summed E-state index contributed by atoms with van der Waals surface area (Å²) in [5, 5.41) is 3.85. The minimum atomic E-state index is -3.48. The molecule has 0 radical (unpaired) electrons. The number of aryl methyl sites for hydroxylation is 1. The molecule has 0 saturated carbocycles. The van der Waals surface area contributed by atoms with E-state index in [0.717, 1.165) is 47.8 Å². The van der Waals surface area contributed by atoms with Crippen molar-refractivity contribution in [3.8, 4) is 0 Å². The zero-order chi connectivity index (χ0) is 24.1. The zero-order valence-corrected chi connectivity index (χ0v) is 20.9. The van der Waals surface area contributed by atoms with Crippen LogP contribution in [-0.4, -0.2) is 50.4 Å². The van der Waals surface area contributed by atoms with E-state index in [2.05, 4.69) is 5.32 Å². The highest BCUT2D eigenvalue weighted by Gasteiger charge is 2.25. The normalized spacial score (nSPS) is 15.2. The van der Waals surface area contributed by atoms with Gasteiger partial charge in [-0.15, -0.1) is 0 Å². The first-order valence-electron chi connectivity index (χ1n) is 12.0. The lowest BCUT2D eigenvalue weighted by atomic mass is 10.2. The van der Waals surface area contributed by atoms with Gasteiger partial charge in [-0.3, -0.25) is 4.79 Å². The molecular formula is C26H34N4O3S. The van der Waals surface area contributed by atoms with Crippen LogP contribution in [0.4, 0.5) is 5.69 Å². The molecule has 1 N–H and O–H groups in total. The number of benzene rings is 2. The standard InChI is InChI=1S/C26H34N4O3S/c1-28(2)23-9-7-21(8-10-23)20-27-26(31)14-18-29-17-13-22-19-24(11-12-25(22)29)34(32,33)30-15-5-3-4-6-16-30/h7-13,17,19H,3-6,14-16,18,20H2,1-2H3,(H,27,31). The van der Waals surface area contributed by atoms with Gasteiger partial charge in [0.25, 0.3) is 0 Å². The third-order valence-electron chi connectivity index (χ3n) is 6.47. The summed E-state index contributed by atoms with van der Waals surface area (Å²) < 4.78 is 29.8. The molecule has 1 amide bonds. The fourth-order valence-corrected chi connectivity index (χ4v) is 5.94. The van der Waals surface area contributed by atoms with Crippen molar-refractivity contribution in [2.24, 2.45) is 0 Å². The Balaban J connectivity index is 1.36. The number of aromatic nitrogens is 1. The first-order chi connectivity index (χ1) is 16.3. The fraction of sp³-hybridized carbons (Fsp3) is 0.423. The van der Waals surface area contributed by atoms with Crippen LogP contribution in [0.2, 0.25) is 0 Å². The number of hydrogen-bond acceptors (Lipinski definition) is 4. The van der Waals surface area contributed by atoms with E-state index in [-0.39, 0.29) is 5.91 Å². The highest BCUT2D eigenvalue weighted by atomic mass is 32.2. The van der Waals surface area contributed by atoms with E-state index in [1.807, 2.05) is 66.2 Å². The molecule has 1 aliphatic heterocycles. The average Bonchev–Trinajstić information content (AvgIpc) is 3.03. The largest absolute Gasteiger partial charge is 0.378 e. The molecule has 0 spiro atoms. The minimum Gasteiger partial charge on any atom is -0.378 e. The van der Waals surface area contributed by atoms with Gasteiger partial charge in [0, 0.05) is 69.5 Å². The van der Waals surface area contributed by atoms with Crippen LogP contribution >= 0.6 is 0 Å². The van der Waals surface area contributed by atoms with Crippen molar-refractivity contribution in [2.75, 3.05) is 32.1 Å². The van der Waals surface area contributed by atoms with Crippen LogP contribution in [0.1, 0.15) is 37.7 Å². The van der Waals surface area contributed by atoms with Gasteiger partial charge >= 0.3 is 0 Å². The van der Waals surface area contributed by atoms with E-state index in [0.29, 0.717) is 37.5 Å². The van der Waals surface area contributed by atoms with Crippen LogP contribution in [-0.2, 0) is 27.9 Å². The van der Waals surface area contributed by atoms with Gasteiger partial charge in [-0.2, -0.15) is 4.31 Å². The molecule has 0 bridgehead atoms. The lowest BCUT2D eigenvalue weighted by molar-refractivity contribution is -0.121. The molecule has 0 atom stereocenters. The van der Waals surface area contributed by atoms with Crippen LogP contribution in [0.3, 0.4) is 0 Å². The van der Waals surface area contributed by atoms with Crippen molar-refractivity contribution in [1.29, 1.82) is 0 Å². The Morgan fingerprint density at radius 2 is 1.68 bits per heavy atom. The number of amides is 1. The molecule has 1 saturated heterocycles. The van der Waals surface area contributed by atoms with Gasteiger partial charge in [0.05, 0.1) is 4.90 Å². The number of rotatable bonds is 8. The molecule has 4 rings (SSSR count). The van der Waals surface area contributed by atoms with Crippen molar-refractivity contribution in [3.63, 3.8) is 0 Å². The third kappa shape index (κ3) is 5.62. The van der Waals surface area contributed by atoms with Crippen LogP contribution in [0, 0.1) is 0 Å². The molecule has 182 valence electrons. The number of sulfonamides is 1. The summed E-state index contributed by atoms with van der Waals surface area (Å²) in [4.78, 5) is 14.8. The van der Waals surface area contributed by atoms with E-state index < -0.39 is 10.0 Å². The van der Waals surface area contributed by atoms with Crippen molar-refractivity contribution < 1.29 is 13.2 Å². The molecule has 1 aromatic heterocycles. The second-order valence-electron chi connectivity index (χ2n) is 9.14. The quantitative estimate of drug-likeness (QED) is 0.527. The van der Waals surface area contributed by atoms with Crippen LogP contribution < -0.4 is 10.2 Å². The highest BCUT2D eigenvalue weighted by molar-refractivity contribution is 7.89. The molecule has 8 heteroatoms.